The van der Waals surface area contributed by atoms with Crippen molar-refractivity contribution in [2.45, 2.75) is 30.9 Å². The summed E-state index contributed by atoms with van der Waals surface area (Å²) in [5, 5.41) is 2.87. The third-order valence-electron chi connectivity index (χ3n) is 5.40. The van der Waals surface area contributed by atoms with E-state index in [2.05, 4.69) is 36.5 Å². The molecule has 0 aromatic heterocycles. The van der Waals surface area contributed by atoms with Crippen LogP contribution in [0.15, 0.2) is 77.7 Å². The Hall–Kier alpha value is -2.97. The number of aryl methyl sites for hydroxylation is 2. The van der Waals surface area contributed by atoms with Crippen LogP contribution in [0.4, 0.5) is 5.69 Å². The van der Waals surface area contributed by atoms with Crippen LogP contribution in [0.25, 0.3) is 0 Å². The Bertz CT molecular complexity index is 1210. The zero-order chi connectivity index (χ0) is 25.3. The van der Waals surface area contributed by atoms with E-state index in [-0.39, 0.29) is 17.3 Å². The van der Waals surface area contributed by atoms with Crippen LogP contribution in [0.1, 0.15) is 23.1 Å². The summed E-state index contributed by atoms with van der Waals surface area (Å²) in [4.78, 5) is 12.9. The number of carbonyl (C=O) groups is 1. The van der Waals surface area contributed by atoms with Crippen molar-refractivity contribution in [3.63, 3.8) is 0 Å². The zero-order valence-corrected chi connectivity index (χ0v) is 22.0. The van der Waals surface area contributed by atoms with Crippen LogP contribution in [0.3, 0.4) is 0 Å². The average molecular weight is 513 g/mol. The second-order valence-corrected chi connectivity index (χ2v) is 11.2. The van der Waals surface area contributed by atoms with Gasteiger partial charge in [0.25, 0.3) is 10.0 Å². The molecule has 35 heavy (non-hydrogen) atoms. The molecule has 8 heteroatoms. The number of nitrogens with one attached hydrogen (secondary N) is 1. The zero-order valence-electron chi connectivity index (χ0n) is 20.4. The van der Waals surface area contributed by atoms with Crippen molar-refractivity contribution in [3.05, 3.63) is 89.5 Å². The normalized spacial score (nSPS) is 11.2. The van der Waals surface area contributed by atoms with Crippen LogP contribution in [-0.2, 0) is 20.6 Å². The Morgan fingerprint density at radius 3 is 2.34 bits per heavy atom. The van der Waals surface area contributed by atoms with Crippen molar-refractivity contribution >= 4 is 33.4 Å². The molecule has 1 N–H and O–H groups in total. The number of carbonyl (C=O) groups excluding carboxylic acids is 1. The molecule has 0 unspecified atom stereocenters. The molecule has 0 heterocycles. The van der Waals surface area contributed by atoms with Crippen LogP contribution >= 0.6 is 11.8 Å². The van der Waals surface area contributed by atoms with Gasteiger partial charge in [-0.05, 0) is 61.4 Å². The molecule has 0 atom stereocenters. The molecule has 3 aromatic carbocycles. The van der Waals surface area contributed by atoms with E-state index in [1.807, 2.05) is 24.8 Å². The van der Waals surface area contributed by atoms with Crippen LogP contribution in [0.5, 0.6) is 5.75 Å². The number of rotatable bonds is 12. The second kappa shape index (κ2) is 12.7. The van der Waals surface area contributed by atoms with E-state index in [0.29, 0.717) is 18.0 Å². The number of sulfonamides is 1. The minimum atomic E-state index is -3.98. The molecule has 6 nitrogen and oxygen atoms in total. The highest BCUT2D eigenvalue weighted by molar-refractivity contribution is 7.98. The minimum absolute atomic E-state index is 0.115. The Morgan fingerprint density at radius 1 is 0.971 bits per heavy atom. The van der Waals surface area contributed by atoms with Gasteiger partial charge in [0.15, 0.2) is 0 Å². The molecule has 186 valence electrons. The molecule has 3 aromatic rings. The SMILES string of the molecule is COc1ccc(C)cc1N(CC(=O)NCCCSCc1ccc(C)cc1)S(=O)(=O)c1ccccc1. The lowest BCUT2D eigenvalue weighted by molar-refractivity contribution is -0.119. The first-order valence-electron chi connectivity index (χ1n) is 11.4. The molecular weight excluding hydrogens is 480 g/mol. The molecule has 1 amide bonds. The topological polar surface area (TPSA) is 75.7 Å². The first-order chi connectivity index (χ1) is 16.8. The summed E-state index contributed by atoms with van der Waals surface area (Å²) in [6.07, 6.45) is 0.793. The van der Waals surface area contributed by atoms with Crippen molar-refractivity contribution < 1.29 is 17.9 Å². The molecule has 0 saturated heterocycles. The highest BCUT2D eigenvalue weighted by Crippen LogP contribution is 2.33. The Balaban J connectivity index is 1.64. The van der Waals surface area contributed by atoms with Gasteiger partial charge in [0.1, 0.15) is 12.3 Å². The standard InChI is InChI=1S/C27H32N2O4S2/c1-21-10-13-23(14-11-21)20-34-17-7-16-28-27(30)19-29(25-18-22(2)12-15-26(25)33-3)35(31,32)24-8-5-4-6-9-24/h4-6,8-15,18H,7,16-17,19-20H2,1-3H3,(H,28,30). The van der Waals surface area contributed by atoms with Crippen LogP contribution < -0.4 is 14.4 Å². The van der Waals surface area contributed by atoms with Gasteiger partial charge in [0.2, 0.25) is 5.91 Å². The summed E-state index contributed by atoms with van der Waals surface area (Å²) >= 11 is 1.81. The summed E-state index contributed by atoms with van der Waals surface area (Å²) < 4.78 is 33.6. The average Bonchev–Trinajstić information content (AvgIpc) is 2.86. The quantitative estimate of drug-likeness (QED) is 0.348. The number of amides is 1. The van der Waals surface area contributed by atoms with Gasteiger partial charge in [-0.1, -0.05) is 54.1 Å². The predicted octanol–water partition coefficient (Wildman–Crippen LogP) is 4.95. The van der Waals surface area contributed by atoms with E-state index in [0.717, 1.165) is 27.8 Å². The number of hydrogen-bond acceptors (Lipinski definition) is 5. The number of ether oxygens (including phenoxy) is 1. The van der Waals surface area contributed by atoms with Gasteiger partial charge in [-0.3, -0.25) is 9.10 Å². The third kappa shape index (κ3) is 7.50. The van der Waals surface area contributed by atoms with E-state index in [1.54, 1.807) is 30.3 Å². The smallest absolute Gasteiger partial charge is 0.264 e. The van der Waals surface area contributed by atoms with Gasteiger partial charge >= 0.3 is 0 Å². The van der Waals surface area contributed by atoms with E-state index in [4.69, 9.17) is 4.74 Å². The second-order valence-electron chi connectivity index (χ2n) is 8.24. The fourth-order valence-electron chi connectivity index (χ4n) is 3.48. The molecule has 0 fully saturated rings. The highest BCUT2D eigenvalue weighted by atomic mass is 32.2. The maximum absolute atomic E-state index is 13.5. The molecule has 0 spiro atoms. The highest BCUT2D eigenvalue weighted by Gasteiger charge is 2.29. The first kappa shape index (κ1) is 26.6. The fourth-order valence-corrected chi connectivity index (χ4v) is 5.84. The Kier molecular flexibility index (Phi) is 9.63. The lowest BCUT2D eigenvalue weighted by Gasteiger charge is -2.26. The first-order valence-corrected chi connectivity index (χ1v) is 14.0. The summed E-state index contributed by atoms with van der Waals surface area (Å²) in [6, 6.07) is 21.8. The number of benzene rings is 3. The van der Waals surface area contributed by atoms with Crippen LogP contribution in [0.2, 0.25) is 0 Å². The predicted molar refractivity (Wildman–Crippen MR) is 144 cm³/mol. The summed E-state index contributed by atoms with van der Waals surface area (Å²) in [5.74, 6) is 1.84. The summed E-state index contributed by atoms with van der Waals surface area (Å²) in [5.41, 5.74) is 3.71. The number of anilines is 1. The maximum Gasteiger partial charge on any atom is 0.264 e. The van der Waals surface area contributed by atoms with Crippen molar-refractivity contribution in [1.29, 1.82) is 0 Å². The van der Waals surface area contributed by atoms with Crippen LogP contribution in [-0.4, -0.2) is 40.3 Å². The summed E-state index contributed by atoms with van der Waals surface area (Å²) in [6.45, 7) is 4.07. The summed E-state index contributed by atoms with van der Waals surface area (Å²) in [7, 11) is -2.50. The minimum Gasteiger partial charge on any atom is -0.495 e. The van der Waals surface area contributed by atoms with Gasteiger partial charge in [-0.25, -0.2) is 8.42 Å². The van der Waals surface area contributed by atoms with Gasteiger partial charge in [-0.15, -0.1) is 0 Å². The lowest BCUT2D eigenvalue weighted by atomic mass is 10.2. The van der Waals surface area contributed by atoms with Gasteiger partial charge in [0.05, 0.1) is 17.7 Å². The van der Waals surface area contributed by atoms with Gasteiger partial charge < -0.3 is 10.1 Å². The van der Waals surface area contributed by atoms with Gasteiger partial charge in [0, 0.05) is 12.3 Å². The molecule has 3 rings (SSSR count). The maximum atomic E-state index is 13.5. The molecule has 0 aliphatic rings. The molecule has 0 radical (unpaired) electrons. The Morgan fingerprint density at radius 2 is 1.66 bits per heavy atom. The van der Waals surface area contributed by atoms with E-state index >= 15 is 0 Å². The molecular formula is C27H32N2O4S2. The number of nitrogens with zero attached hydrogens (tertiary/aromatic N) is 1. The van der Waals surface area contributed by atoms with Gasteiger partial charge in [-0.2, -0.15) is 11.8 Å². The van der Waals surface area contributed by atoms with E-state index < -0.39 is 10.0 Å². The number of hydrogen-bond donors (Lipinski definition) is 1. The molecule has 0 aliphatic carbocycles. The Labute approximate surface area is 212 Å². The lowest BCUT2D eigenvalue weighted by Crippen LogP contribution is -2.41. The third-order valence-corrected chi connectivity index (χ3v) is 8.29. The van der Waals surface area contributed by atoms with Crippen molar-refractivity contribution in [2.75, 3.05) is 30.3 Å². The van der Waals surface area contributed by atoms with Crippen molar-refractivity contribution in [1.82, 2.24) is 5.32 Å². The molecule has 0 saturated carbocycles. The fraction of sp³-hybridized carbons (Fsp3) is 0.296. The molecule has 0 bridgehead atoms. The largest absolute Gasteiger partial charge is 0.495 e. The number of thioether (sulfide) groups is 1. The van der Waals surface area contributed by atoms with Crippen LogP contribution in [0, 0.1) is 13.8 Å². The van der Waals surface area contributed by atoms with Crippen molar-refractivity contribution in [2.24, 2.45) is 0 Å². The molecule has 0 aliphatic heterocycles. The number of methoxy groups -OCH3 is 1. The van der Waals surface area contributed by atoms with E-state index in [1.165, 1.54) is 30.4 Å². The van der Waals surface area contributed by atoms with E-state index in [9.17, 15) is 13.2 Å². The van der Waals surface area contributed by atoms with Crippen molar-refractivity contribution in [3.8, 4) is 5.75 Å². The monoisotopic (exact) mass is 512 g/mol.